The zero-order valence-corrected chi connectivity index (χ0v) is 12.8. The highest BCUT2D eigenvalue weighted by Gasteiger charge is 2.13. The van der Waals surface area contributed by atoms with Crippen molar-refractivity contribution in [2.45, 2.75) is 26.4 Å². The molecule has 0 amide bonds. The predicted molar refractivity (Wildman–Crippen MR) is 84.8 cm³/mol. The van der Waals surface area contributed by atoms with E-state index in [1.165, 1.54) is 10.9 Å². The predicted octanol–water partition coefficient (Wildman–Crippen LogP) is 4.02. The molecule has 20 heavy (non-hydrogen) atoms. The Bertz CT molecular complexity index is 525. The van der Waals surface area contributed by atoms with Crippen LogP contribution in [0.5, 0.6) is 0 Å². The molecular formula is C16H21FN2S. The van der Waals surface area contributed by atoms with Crippen LogP contribution < -0.4 is 10.2 Å². The van der Waals surface area contributed by atoms with Gasteiger partial charge in [0, 0.05) is 18.5 Å². The van der Waals surface area contributed by atoms with Crippen molar-refractivity contribution in [3.05, 3.63) is 52.0 Å². The van der Waals surface area contributed by atoms with Gasteiger partial charge in [-0.3, -0.25) is 0 Å². The van der Waals surface area contributed by atoms with Gasteiger partial charge in [0.05, 0.1) is 12.2 Å². The molecule has 0 saturated carbocycles. The van der Waals surface area contributed by atoms with Crippen LogP contribution in [0.2, 0.25) is 0 Å². The summed E-state index contributed by atoms with van der Waals surface area (Å²) < 4.78 is 14.2. The summed E-state index contributed by atoms with van der Waals surface area (Å²) in [6, 6.07) is 9.41. The van der Waals surface area contributed by atoms with Gasteiger partial charge in [0.15, 0.2) is 0 Å². The van der Waals surface area contributed by atoms with Crippen LogP contribution in [0.15, 0.2) is 35.7 Å². The Morgan fingerprint density at radius 2 is 2.10 bits per heavy atom. The molecule has 0 radical (unpaired) electrons. The summed E-state index contributed by atoms with van der Waals surface area (Å²) in [5.41, 5.74) is 1.71. The topological polar surface area (TPSA) is 15.3 Å². The maximum atomic E-state index is 14.2. The minimum atomic E-state index is -0.153. The largest absolute Gasteiger partial charge is 0.367 e. The molecule has 0 atom stereocenters. The van der Waals surface area contributed by atoms with Crippen molar-refractivity contribution < 1.29 is 4.39 Å². The summed E-state index contributed by atoms with van der Waals surface area (Å²) in [5, 5.41) is 5.39. The van der Waals surface area contributed by atoms with E-state index in [-0.39, 0.29) is 5.82 Å². The molecule has 4 heteroatoms. The van der Waals surface area contributed by atoms with Crippen LogP contribution in [0.25, 0.3) is 0 Å². The van der Waals surface area contributed by atoms with E-state index in [1.54, 1.807) is 17.4 Å². The first-order valence-electron chi connectivity index (χ1n) is 6.94. The molecule has 0 aliphatic rings. The standard InChI is InChI=1S/C16H21FN2S/c1-3-9-18-11-13-6-4-8-15(17)16(13)19(2)12-14-7-5-10-20-14/h4-8,10,18H,3,9,11-12H2,1-2H3. The number of thiophene rings is 1. The monoisotopic (exact) mass is 292 g/mol. The number of para-hydroxylation sites is 1. The zero-order valence-electron chi connectivity index (χ0n) is 12.0. The van der Waals surface area contributed by atoms with Crippen molar-refractivity contribution >= 4 is 17.0 Å². The summed E-state index contributed by atoms with van der Waals surface area (Å²) in [7, 11) is 1.95. The van der Waals surface area contributed by atoms with Crippen LogP contribution in [-0.2, 0) is 13.1 Å². The van der Waals surface area contributed by atoms with Crippen LogP contribution in [0.4, 0.5) is 10.1 Å². The normalized spacial score (nSPS) is 10.8. The first kappa shape index (κ1) is 15.0. The smallest absolute Gasteiger partial charge is 0.146 e. The maximum Gasteiger partial charge on any atom is 0.146 e. The zero-order chi connectivity index (χ0) is 14.4. The molecule has 0 saturated heterocycles. The van der Waals surface area contributed by atoms with Crippen molar-refractivity contribution in [2.75, 3.05) is 18.5 Å². The van der Waals surface area contributed by atoms with Crippen LogP contribution in [0.1, 0.15) is 23.8 Å². The lowest BCUT2D eigenvalue weighted by Gasteiger charge is -2.22. The number of hydrogen-bond donors (Lipinski definition) is 1. The molecule has 0 unspecified atom stereocenters. The van der Waals surface area contributed by atoms with Gasteiger partial charge in [0.1, 0.15) is 5.82 Å². The Morgan fingerprint density at radius 3 is 2.80 bits per heavy atom. The van der Waals surface area contributed by atoms with Crippen LogP contribution in [0, 0.1) is 5.82 Å². The second-order valence-electron chi connectivity index (χ2n) is 4.86. The molecule has 2 aromatic rings. The van der Waals surface area contributed by atoms with Crippen LogP contribution in [0.3, 0.4) is 0 Å². The molecule has 0 spiro atoms. The van der Waals surface area contributed by atoms with Gasteiger partial charge in [-0.25, -0.2) is 4.39 Å². The number of hydrogen-bond acceptors (Lipinski definition) is 3. The summed E-state index contributed by atoms with van der Waals surface area (Å²) in [5.74, 6) is -0.153. The van der Waals surface area contributed by atoms with Gasteiger partial charge in [-0.2, -0.15) is 0 Å². The molecule has 1 N–H and O–H groups in total. The van der Waals surface area contributed by atoms with Gasteiger partial charge < -0.3 is 10.2 Å². The van der Waals surface area contributed by atoms with Crippen molar-refractivity contribution in [1.82, 2.24) is 5.32 Å². The lowest BCUT2D eigenvalue weighted by atomic mass is 10.1. The highest BCUT2D eigenvalue weighted by atomic mass is 32.1. The molecule has 0 fully saturated rings. The fourth-order valence-electron chi connectivity index (χ4n) is 2.25. The molecule has 1 aromatic heterocycles. The lowest BCUT2D eigenvalue weighted by molar-refractivity contribution is 0.613. The Hall–Kier alpha value is -1.39. The third kappa shape index (κ3) is 3.81. The van der Waals surface area contributed by atoms with Gasteiger partial charge >= 0.3 is 0 Å². The average molecular weight is 292 g/mol. The molecule has 108 valence electrons. The first-order valence-corrected chi connectivity index (χ1v) is 7.82. The van der Waals surface area contributed by atoms with Crippen molar-refractivity contribution in [1.29, 1.82) is 0 Å². The van der Waals surface area contributed by atoms with E-state index in [2.05, 4.69) is 18.3 Å². The number of nitrogens with zero attached hydrogens (tertiary/aromatic N) is 1. The van der Waals surface area contributed by atoms with E-state index in [9.17, 15) is 4.39 Å². The van der Waals surface area contributed by atoms with E-state index < -0.39 is 0 Å². The lowest BCUT2D eigenvalue weighted by Crippen LogP contribution is -2.22. The maximum absolute atomic E-state index is 14.2. The SMILES string of the molecule is CCCNCc1cccc(F)c1N(C)Cc1cccs1. The van der Waals surface area contributed by atoms with E-state index >= 15 is 0 Å². The highest BCUT2D eigenvalue weighted by Crippen LogP contribution is 2.25. The van der Waals surface area contributed by atoms with E-state index in [1.807, 2.05) is 29.5 Å². The molecule has 1 heterocycles. The van der Waals surface area contributed by atoms with E-state index in [4.69, 9.17) is 0 Å². The Balaban J connectivity index is 2.15. The molecule has 2 nitrogen and oxygen atoms in total. The number of rotatable bonds is 7. The Morgan fingerprint density at radius 1 is 1.25 bits per heavy atom. The second kappa shape index (κ2) is 7.41. The fourth-order valence-corrected chi connectivity index (χ4v) is 3.00. The molecule has 0 aliphatic heterocycles. The van der Waals surface area contributed by atoms with Crippen molar-refractivity contribution in [2.24, 2.45) is 0 Å². The first-order chi connectivity index (χ1) is 9.72. The van der Waals surface area contributed by atoms with Crippen molar-refractivity contribution in [3.63, 3.8) is 0 Å². The molecule has 2 rings (SSSR count). The summed E-state index contributed by atoms with van der Waals surface area (Å²) >= 11 is 1.70. The van der Waals surface area contributed by atoms with Gasteiger partial charge in [0.25, 0.3) is 0 Å². The third-order valence-corrected chi connectivity index (χ3v) is 4.03. The van der Waals surface area contributed by atoms with Crippen molar-refractivity contribution in [3.8, 4) is 0 Å². The quantitative estimate of drug-likeness (QED) is 0.775. The Labute approximate surface area is 124 Å². The van der Waals surface area contributed by atoms with Crippen LogP contribution in [-0.4, -0.2) is 13.6 Å². The van der Waals surface area contributed by atoms with E-state index in [0.29, 0.717) is 12.2 Å². The van der Waals surface area contributed by atoms with Gasteiger partial charge in [0.2, 0.25) is 0 Å². The van der Waals surface area contributed by atoms with Crippen LogP contribution >= 0.6 is 11.3 Å². The molecule has 0 aliphatic carbocycles. The van der Waals surface area contributed by atoms with Gasteiger partial charge in [-0.05, 0) is 36.0 Å². The minimum Gasteiger partial charge on any atom is -0.367 e. The number of benzene rings is 1. The summed E-state index contributed by atoms with van der Waals surface area (Å²) in [4.78, 5) is 3.23. The summed E-state index contributed by atoms with van der Waals surface area (Å²) in [6.45, 7) is 4.52. The Kier molecular flexibility index (Phi) is 5.56. The highest BCUT2D eigenvalue weighted by molar-refractivity contribution is 7.09. The van der Waals surface area contributed by atoms with Gasteiger partial charge in [-0.15, -0.1) is 11.3 Å². The molecular weight excluding hydrogens is 271 g/mol. The summed E-state index contributed by atoms with van der Waals surface area (Å²) in [6.07, 6.45) is 1.08. The van der Waals surface area contributed by atoms with E-state index in [0.717, 1.165) is 25.1 Å². The molecule has 0 bridgehead atoms. The minimum absolute atomic E-state index is 0.153. The third-order valence-electron chi connectivity index (χ3n) is 3.17. The molecule has 1 aromatic carbocycles. The second-order valence-corrected chi connectivity index (χ2v) is 5.89. The number of anilines is 1. The number of halogens is 1. The van der Waals surface area contributed by atoms with Gasteiger partial charge in [-0.1, -0.05) is 25.1 Å². The number of nitrogens with one attached hydrogen (secondary N) is 1. The average Bonchev–Trinajstić information content (AvgIpc) is 2.92. The fraction of sp³-hybridized carbons (Fsp3) is 0.375.